The Balaban J connectivity index is 1.87. The van der Waals surface area contributed by atoms with Gasteiger partial charge in [-0.1, -0.05) is 32.0 Å². The van der Waals surface area contributed by atoms with Crippen LogP contribution in [-0.2, 0) is 11.2 Å². The van der Waals surface area contributed by atoms with Gasteiger partial charge in [0.25, 0.3) is 0 Å². The molecule has 0 aliphatic carbocycles. The minimum atomic E-state index is -0.230. The standard InChI is InChI=1S/C18H26N2OS/c1-3-18(4-2,13-19)20-17(21)11-7-8-14-12-22-16-10-6-5-9-15(14)16/h5-6,9-10,12H,3-4,7-8,11,13,19H2,1-2H3,(H,20,21). The maximum Gasteiger partial charge on any atom is 0.220 e. The highest BCUT2D eigenvalue weighted by Crippen LogP contribution is 2.26. The van der Waals surface area contributed by atoms with Gasteiger partial charge >= 0.3 is 0 Å². The van der Waals surface area contributed by atoms with Crippen molar-refractivity contribution >= 4 is 27.3 Å². The Hall–Kier alpha value is -1.39. The normalized spacial score (nSPS) is 11.8. The first-order valence-corrected chi connectivity index (χ1v) is 8.98. The minimum Gasteiger partial charge on any atom is -0.349 e. The fourth-order valence-corrected chi connectivity index (χ4v) is 3.79. The lowest BCUT2D eigenvalue weighted by molar-refractivity contribution is -0.123. The molecule has 0 aliphatic heterocycles. The van der Waals surface area contributed by atoms with Crippen LogP contribution >= 0.6 is 11.3 Å². The van der Waals surface area contributed by atoms with E-state index in [1.807, 2.05) is 0 Å². The number of hydrogen-bond acceptors (Lipinski definition) is 3. The number of benzene rings is 1. The van der Waals surface area contributed by atoms with Crippen molar-refractivity contribution in [3.05, 3.63) is 35.2 Å². The maximum absolute atomic E-state index is 12.2. The van der Waals surface area contributed by atoms with Crippen LogP contribution in [0.5, 0.6) is 0 Å². The highest BCUT2D eigenvalue weighted by atomic mass is 32.1. The Morgan fingerprint density at radius 2 is 2.00 bits per heavy atom. The van der Waals surface area contributed by atoms with E-state index in [0.29, 0.717) is 13.0 Å². The molecule has 0 saturated carbocycles. The van der Waals surface area contributed by atoms with Gasteiger partial charge in [-0.2, -0.15) is 0 Å². The first-order chi connectivity index (χ1) is 10.6. The van der Waals surface area contributed by atoms with Gasteiger partial charge in [-0.25, -0.2) is 0 Å². The predicted molar refractivity (Wildman–Crippen MR) is 95.3 cm³/mol. The van der Waals surface area contributed by atoms with Crippen molar-refractivity contribution in [2.24, 2.45) is 5.73 Å². The molecular weight excluding hydrogens is 292 g/mol. The molecule has 2 aromatic rings. The van der Waals surface area contributed by atoms with Crippen LogP contribution in [0.1, 0.15) is 45.1 Å². The lowest BCUT2D eigenvalue weighted by Gasteiger charge is -2.31. The summed E-state index contributed by atoms with van der Waals surface area (Å²) in [4.78, 5) is 12.2. The lowest BCUT2D eigenvalue weighted by atomic mass is 9.92. The largest absolute Gasteiger partial charge is 0.349 e. The van der Waals surface area contributed by atoms with Crippen LogP contribution in [0.15, 0.2) is 29.6 Å². The van der Waals surface area contributed by atoms with Gasteiger partial charge in [-0.3, -0.25) is 4.79 Å². The molecule has 22 heavy (non-hydrogen) atoms. The van der Waals surface area contributed by atoms with Crippen LogP contribution in [-0.4, -0.2) is 18.0 Å². The van der Waals surface area contributed by atoms with Gasteiger partial charge in [0, 0.05) is 17.7 Å². The molecular formula is C18H26N2OS. The fourth-order valence-electron chi connectivity index (χ4n) is 2.79. The van der Waals surface area contributed by atoms with Gasteiger partial charge in [0.15, 0.2) is 0 Å². The van der Waals surface area contributed by atoms with E-state index in [9.17, 15) is 4.79 Å². The first-order valence-electron chi connectivity index (χ1n) is 8.10. The zero-order valence-corrected chi connectivity index (χ0v) is 14.3. The third-order valence-corrected chi connectivity index (χ3v) is 5.57. The molecule has 0 atom stereocenters. The molecule has 0 fully saturated rings. The van der Waals surface area contributed by atoms with Crippen molar-refractivity contribution in [2.45, 2.75) is 51.5 Å². The van der Waals surface area contributed by atoms with E-state index in [1.165, 1.54) is 15.6 Å². The monoisotopic (exact) mass is 318 g/mol. The highest BCUT2D eigenvalue weighted by molar-refractivity contribution is 7.17. The molecule has 0 bridgehead atoms. The maximum atomic E-state index is 12.2. The number of hydrogen-bond donors (Lipinski definition) is 2. The van der Waals surface area contributed by atoms with E-state index in [2.05, 4.69) is 48.8 Å². The number of rotatable bonds is 8. The number of amides is 1. The van der Waals surface area contributed by atoms with Crippen LogP contribution in [0.3, 0.4) is 0 Å². The van der Waals surface area contributed by atoms with Crippen molar-refractivity contribution in [2.75, 3.05) is 6.54 Å². The summed E-state index contributed by atoms with van der Waals surface area (Å²) in [6.45, 7) is 4.66. The van der Waals surface area contributed by atoms with Gasteiger partial charge in [-0.15, -0.1) is 11.3 Å². The Kier molecular flexibility index (Phi) is 5.98. The molecule has 3 nitrogen and oxygen atoms in total. The first kappa shape index (κ1) is 17.0. The van der Waals surface area contributed by atoms with Crippen LogP contribution < -0.4 is 11.1 Å². The number of carbonyl (C=O) groups excluding carboxylic acids is 1. The Bertz CT molecular complexity index is 608. The number of thiophene rings is 1. The summed E-state index contributed by atoms with van der Waals surface area (Å²) in [6.07, 6.45) is 4.14. The summed E-state index contributed by atoms with van der Waals surface area (Å²) in [6, 6.07) is 8.45. The fraction of sp³-hybridized carbons (Fsp3) is 0.500. The molecule has 0 radical (unpaired) electrons. The summed E-state index contributed by atoms with van der Waals surface area (Å²) in [7, 11) is 0. The van der Waals surface area contributed by atoms with Crippen molar-refractivity contribution < 1.29 is 4.79 Å². The topological polar surface area (TPSA) is 55.1 Å². The van der Waals surface area contributed by atoms with E-state index >= 15 is 0 Å². The van der Waals surface area contributed by atoms with E-state index in [1.54, 1.807) is 11.3 Å². The number of aryl methyl sites for hydroxylation is 1. The van der Waals surface area contributed by atoms with E-state index in [0.717, 1.165) is 25.7 Å². The van der Waals surface area contributed by atoms with Gasteiger partial charge in [0.2, 0.25) is 5.91 Å². The zero-order valence-electron chi connectivity index (χ0n) is 13.5. The summed E-state index contributed by atoms with van der Waals surface area (Å²) in [5, 5.41) is 6.67. The number of nitrogens with one attached hydrogen (secondary N) is 1. The van der Waals surface area contributed by atoms with Gasteiger partial charge < -0.3 is 11.1 Å². The summed E-state index contributed by atoms with van der Waals surface area (Å²) in [5.74, 6) is 0.119. The second-order valence-electron chi connectivity index (χ2n) is 5.85. The van der Waals surface area contributed by atoms with Gasteiger partial charge in [0.1, 0.15) is 0 Å². The quantitative estimate of drug-likeness (QED) is 0.776. The number of carbonyl (C=O) groups is 1. The average molecular weight is 318 g/mol. The SMILES string of the molecule is CCC(CC)(CN)NC(=O)CCCc1csc2ccccc12. The summed E-state index contributed by atoms with van der Waals surface area (Å²) < 4.78 is 1.32. The Labute approximate surface area is 136 Å². The van der Waals surface area contributed by atoms with E-state index in [4.69, 9.17) is 5.73 Å². The summed E-state index contributed by atoms with van der Waals surface area (Å²) >= 11 is 1.78. The molecule has 0 unspecified atom stereocenters. The molecule has 0 aliphatic rings. The molecule has 120 valence electrons. The molecule has 1 amide bonds. The molecule has 1 heterocycles. The minimum absolute atomic E-state index is 0.119. The molecule has 0 spiro atoms. The van der Waals surface area contributed by atoms with Crippen LogP contribution in [0.4, 0.5) is 0 Å². The average Bonchev–Trinajstić information content (AvgIpc) is 2.96. The van der Waals surface area contributed by atoms with E-state index in [-0.39, 0.29) is 11.4 Å². The summed E-state index contributed by atoms with van der Waals surface area (Å²) in [5.41, 5.74) is 6.95. The Morgan fingerprint density at radius 1 is 1.27 bits per heavy atom. The third kappa shape index (κ3) is 3.87. The van der Waals surface area contributed by atoms with Gasteiger partial charge in [0.05, 0.1) is 5.54 Å². The van der Waals surface area contributed by atoms with E-state index < -0.39 is 0 Å². The number of fused-ring (bicyclic) bond motifs is 1. The smallest absolute Gasteiger partial charge is 0.220 e. The zero-order chi connectivity index (χ0) is 16.0. The lowest BCUT2D eigenvalue weighted by Crippen LogP contribution is -2.52. The highest BCUT2D eigenvalue weighted by Gasteiger charge is 2.25. The van der Waals surface area contributed by atoms with Crippen LogP contribution in [0.25, 0.3) is 10.1 Å². The van der Waals surface area contributed by atoms with Gasteiger partial charge in [-0.05, 0) is 48.1 Å². The third-order valence-electron chi connectivity index (χ3n) is 4.56. The molecule has 4 heteroatoms. The molecule has 3 N–H and O–H groups in total. The van der Waals surface area contributed by atoms with Crippen LogP contribution in [0, 0.1) is 0 Å². The molecule has 1 aromatic carbocycles. The molecule has 0 saturated heterocycles. The van der Waals surface area contributed by atoms with Crippen molar-refractivity contribution in [1.29, 1.82) is 0 Å². The number of nitrogens with two attached hydrogens (primary N) is 1. The molecule has 1 aromatic heterocycles. The van der Waals surface area contributed by atoms with Crippen molar-refractivity contribution in [3.63, 3.8) is 0 Å². The van der Waals surface area contributed by atoms with Crippen molar-refractivity contribution in [1.82, 2.24) is 5.32 Å². The Morgan fingerprint density at radius 3 is 2.68 bits per heavy atom. The second-order valence-corrected chi connectivity index (χ2v) is 6.76. The molecule has 2 rings (SSSR count). The van der Waals surface area contributed by atoms with Crippen molar-refractivity contribution in [3.8, 4) is 0 Å². The predicted octanol–water partition coefficient (Wildman–Crippen LogP) is 3.86. The second kappa shape index (κ2) is 7.75. The van der Waals surface area contributed by atoms with Crippen LogP contribution in [0.2, 0.25) is 0 Å².